The molecule has 0 radical (unpaired) electrons. The normalized spacial score (nSPS) is 13.2. The van der Waals surface area contributed by atoms with Gasteiger partial charge < -0.3 is 5.32 Å². The number of rotatable bonds is 4. The largest absolute Gasteiger partial charge is 0.439 e. The van der Waals surface area contributed by atoms with Crippen molar-refractivity contribution >= 4 is 11.6 Å². The molecule has 0 bridgehead atoms. The van der Waals surface area contributed by atoms with Crippen molar-refractivity contribution < 1.29 is 9.32 Å². The molecule has 0 saturated heterocycles. The molecule has 21 heavy (non-hydrogen) atoms. The van der Waals surface area contributed by atoms with Gasteiger partial charge in [-0.2, -0.15) is 5.26 Å². The summed E-state index contributed by atoms with van der Waals surface area (Å²) in [5, 5.41) is 15.4. The number of hydrogen-bond donors (Lipinski definition) is 2. The maximum atomic E-state index is 12.1. The number of H-pyrrole nitrogens is 1. The van der Waals surface area contributed by atoms with Crippen LogP contribution in [0.3, 0.4) is 0 Å². The summed E-state index contributed by atoms with van der Waals surface area (Å²) >= 11 is 0. The molecule has 0 saturated carbocycles. The lowest BCUT2D eigenvalue weighted by Crippen LogP contribution is -2.31. The van der Waals surface area contributed by atoms with Crippen LogP contribution in [0.5, 0.6) is 0 Å². The maximum absolute atomic E-state index is 12.1. The summed E-state index contributed by atoms with van der Waals surface area (Å²) < 4.78 is 4.44. The number of carbonyl (C=O) groups excluding carboxylic acids is 1. The highest BCUT2D eigenvalue weighted by molar-refractivity contribution is 5.97. The number of benzene rings is 1. The minimum Gasteiger partial charge on any atom is -0.325 e. The van der Waals surface area contributed by atoms with Crippen LogP contribution in [0.1, 0.15) is 20.3 Å². The van der Waals surface area contributed by atoms with Crippen molar-refractivity contribution in [3.8, 4) is 17.5 Å². The van der Waals surface area contributed by atoms with Gasteiger partial charge in [0.2, 0.25) is 5.91 Å². The molecule has 0 fully saturated rings. The summed E-state index contributed by atoms with van der Waals surface area (Å²) in [4.78, 5) is 25.5. The van der Waals surface area contributed by atoms with Gasteiger partial charge in [-0.05, 0) is 25.5 Å². The van der Waals surface area contributed by atoms with Crippen LogP contribution in [0, 0.1) is 16.7 Å². The molecule has 1 aromatic heterocycles. The summed E-state index contributed by atoms with van der Waals surface area (Å²) in [5.74, 6) is -0.754. The first-order valence-corrected chi connectivity index (χ1v) is 6.37. The average Bonchev–Trinajstić information content (AvgIpc) is 2.93. The monoisotopic (exact) mass is 286 g/mol. The zero-order chi connectivity index (χ0) is 15.5. The van der Waals surface area contributed by atoms with Crippen LogP contribution < -0.4 is 11.1 Å². The number of hydrogen-bond acceptors (Lipinski definition) is 5. The quantitative estimate of drug-likeness (QED) is 0.891. The first-order chi connectivity index (χ1) is 9.98. The first kappa shape index (κ1) is 14.5. The predicted octanol–water partition coefficient (Wildman–Crippen LogP) is 1.91. The molecule has 2 aromatic rings. The van der Waals surface area contributed by atoms with E-state index < -0.39 is 11.2 Å². The molecule has 108 valence electrons. The second-order valence-electron chi connectivity index (χ2n) is 4.78. The van der Waals surface area contributed by atoms with E-state index in [1.54, 1.807) is 38.1 Å². The van der Waals surface area contributed by atoms with E-state index in [4.69, 9.17) is 5.26 Å². The molecule has 7 nitrogen and oxygen atoms in total. The molecular weight excluding hydrogens is 272 g/mol. The number of nitriles is 1. The Kier molecular flexibility index (Phi) is 3.89. The van der Waals surface area contributed by atoms with Crippen molar-refractivity contribution in [3.63, 3.8) is 0 Å². The molecule has 1 unspecified atom stereocenters. The summed E-state index contributed by atoms with van der Waals surface area (Å²) in [5.41, 5.74) is 0.0168. The fourth-order valence-corrected chi connectivity index (χ4v) is 1.66. The fraction of sp³-hybridized carbons (Fsp3) is 0.286. The van der Waals surface area contributed by atoms with E-state index in [2.05, 4.69) is 20.0 Å². The third-order valence-electron chi connectivity index (χ3n) is 3.29. The second-order valence-corrected chi connectivity index (χ2v) is 4.78. The highest BCUT2D eigenvalue weighted by atomic mass is 16.5. The average molecular weight is 286 g/mol. The number of nitrogens with zero attached hydrogens (tertiary/aromatic N) is 2. The molecule has 0 aliphatic rings. The highest BCUT2D eigenvalue weighted by Crippen LogP contribution is 2.24. The van der Waals surface area contributed by atoms with Crippen LogP contribution in [0.15, 0.2) is 33.6 Å². The van der Waals surface area contributed by atoms with Crippen LogP contribution in [-0.2, 0) is 4.79 Å². The molecule has 1 atom stereocenters. The Morgan fingerprint density at radius 2 is 2.33 bits per heavy atom. The number of anilines is 1. The van der Waals surface area contributed by atoms with E-state index in [0.717, 1.165) is 0 Å². The van der Waals surface area contributed by atoms with Crippen LogP contribution in [0.2, 0.25) is 0 Å². The smallest absolute Gasteiger partial charge is 0.325 e. The van der Waals surface area contributed by atoms with Crippen LogP contribution in [-0.4, -0.2) is 16.0 Å². The summed E-state index contributed by atoms with van der Waals surface area (Å²) in [7, 11) is 0. The maximum Gasteiger partial charge on any atom is 0.439 e. The zero-order valence-electron chi connectivity index (χ0n) is 11.6. The number of nitrogens with one attached hydrogen (secondary N) is 2. The molecule has 0 aliphatic heterocycles. The number of carbonyl (C=O) groups is 1. The van der Waals surface area contributed by atoms with Crippen molar-refractivity contribution in [2.24, 2.45) is 5.41 Å². The fourth-order valence-electron chi connectivity index (χ4n) is 1.66. The van der Waals surface area contributed by atoms with Gasteiger partial charge in [-0.25, -0.2) is 4.79 Å². The Hall–Kier alpha value is -2.88. The van der Waals surface area contributed by atoms with Gasteiger partial charge in [0.05, 0.1) is 6.07 Å². The zero-order valence-corrected chi connectivity index (χ0v) is 11.6. The van der Waals surface area contributed by atoms with Crippen molar-refractivity contribution in [1.29, 1.82) is 5.26 Å². The number of amides is 1. The van der Waals surface area contributed by atoms with Crippen molar-refractivity contribution in [2.75, 3.05) is 5.32 Å². The lowest BCUT2D eigenvalue weighted by atomic mass is 9.88. The summed E-state index contributed by atoms with van der Waals surface area (Å²) in [6, 6.07) is 8.75. The Labute approximate surface area is 120 Å². The topological polar surface area (TPSA) is 112 Å². The predicted molar refractivity (Wildman–Crippen MR) is 75.2 cm³/mol. The van der Waals surface area contributed by atoms with Crippen molar-refractivity contribution in [1.82, 2.24) is 10.1 Å². The van der Waals surface area contributed by atoms with Gasteiger partial charge in [-0.1, -0.05) is 24.2 Å². The van der Waals surface area contributed by atoms with E-state index in [1.807, 2.05) is 6.07 Å². The Bertz CT molecular complexity index is 756. The summed E-state index contributed by atoms with van der Waals surface area (Å²) in [6.45, 7) is 3.36. The third-order valence-corrected chi connectivity index (χ3v) is 3.29. The van der Waals surface area contributed by atoms with Gasteiger partial charge in [-0.3, -0.25) is 14.3 Å². The lowest BCUT2D eigenvalue weighted by Gasteiger charge is -2.18. The second kappa shape index (κ2) is 5.63. The third kappa shape index (κ3) is 3.00. The minimum absolute atomic E-state index is 0.273. The van der Waals surface area contributed by atoms with E-state index >= 15 is 0 Å². The lowest BCUT2D eigenvalue weighted by molar-refractivity contribution is -0.122. The van der Waals surface area contributed by atoms with Crippen LogP contribution in [0.4, 0.5) is 5.69 Å². The highest BCUT2D eigenvalue weighted by Gasteiger charge is 2.31. The number of aromatic nitrogens is 2. The minimum atomic E-state index is -1.09. The van der Waals surface area contributed by atoms with Gasteiger partial charge >= 0.3 is 5.76 Å². The van der Waals surface area contributed by atoms with Crippen molar-refractivity contribution in [2.45, 2.75) is 20.3 Å². The molecule has 2 rings (SSSR count). The van der Waals surface area contributed by atoms with Gasteiger partial charge in [-0.15, -0.1) is 0 Å². The number of aromatic amines is 1. The SMILES string of the molecule is CCC(C)(C#N)C(=O)Nc1cccc(-c2noc(=O)[nH]2)c1. The Balaban J connectivity index is 2.25. The van der Waals surface area contributed by atoms with Gasteiger partial charge in [0.25, 0.3) is 0 Å². The van der Waals surface area contributed by atoms with Crippen molar-refractivity contribution in [3.05, 3.63) is 34.8 Å². The van der Waals surface area contributed by atoms with E-state index in [9.17, 15) is 9.59 Å². The van der Waals surface area contributed by atoms with Crippen LogP contribution >= 0.6 is 0 Å². The molecule has 2 N–H and O–H groups in total. The first-order valence-electron chi connectivity index (χ1n) is 6.37. The molecule has 1 aromatic carbocycles. The Morgan fingerprint density at radius 3 is 2.90 bits per heavy atom. The van der Waals surface area contributed by atoms with Gasteiger partial charge in [0.15, 0.2) is 5.82 Å². The Morgan fingerprint density at radius 1 is 1.57 bits per heavy atom. The van der Waals surface area contributed by atoms with Gasteiger partial charge in [0, 0.05) is 11.3 Å². The summed E-state index contributed by atoms with van der Waals surface area (Å²) in [6.07, 6.45) is 0.408. The van der Waals surface area contributed by atoms with Gasteiger partial charge in [0.1, 0.15) is 5.41 Å². The van der Waals surface area contributed by atoms with E-state index in [0.29, 0.717) is 17.7 Å². The molecular formula is C14H14N4O3. The molecule has 1 heterocycles. The molecule has 0 spiro atoms. The van der Waals surface area contributed by atoms with E-state index in [1.165, 1.54) is 0 Å². The van der Waals surface area contributed by atoms with Crippen LogP contribution in [0.25, 0.3) is 11.4 Å². The van der Waals surface area contributed by atoms with E-state index in [-0.39, 0.29) is 11.7 Å². The molecule has 1 amide bonds. The molecule has 0 aliphatic carbocycles. The molecule has 7 heteroatoms. The standard InChI is InChI=1S/C14H14N4O3/c1-3-14(2,8-15)12(19)16-10-6-4-5-9(7-10)11-17-13(20)21-18-11/h4-7H,3H2,1-2H3,(H,16,19)(H,17,18,20).